The van der Waals surface area contributed by atoms with E-state index in [1.54, 1.807) is 18.2 Å². The molecule has 1 aromatic rings. The zero-order chi connectivity index (χ0) is 16.7. The molecule has 1 aliphatic heterocycles. The standard InChI is InChI=1S/C16H24N4O3/c1-3-17-16(19(2)11-13-8-9-23-12-13)18-10-14-6-4-5-7-15(14)20(21)22/h4-7,13H,3,8-12H2,1-2H3,(H,17,18). The van der Waals surface area contributed by atoms with Crippen LogP contribution in [0, 0.1) is 16.0 Å². The number of hydrogen-bond donors (Lipinski definition) is 1. The normalized spacial score (nSPS) is 18.0. The first-order chi connectivity index (χ1) is 11.1. The van der Waals surface area contributed by atoms with Gasteiger partial charge in [0.2, 0.25) is 0 Å². The molecule has 1 aliphatic rings. The average molecular weight is 320 g/mol. The molecule has 0 aromatic heterocycles. The van der Waals surface area contributed by atoms with Crippen molar-refractivity contribution >= 4 is 11.6 Å². The van der Waals surface area contributed by atoms with Gasteiger partial charge in [0.15, 0.2) is 5.96 Å². The fraction of sp³-hybridized carbons (Fsp3) is 0.562. The number of nitrogens with one attached hydrogen (secondary N) is 1. The topological polar surface area (TPSA) is 80.0 Å². The van der Waals surface area contributed by atoms with E-state index >= 15 is 0 Å². The molecule has 7 heteroatoms. The van der Waals surface area contributed by atoms with Gasteiger partial charge in [0.05, 0.1) is 23.6 Å². The quantitative estimate of drug-likeness (QED) is 0.375. The lowest BCUT2D eigenvalue weighted by Crippen LogP contribution is -2.41. The number of guanidine groups is 1. The van der Waals surface area contributed by atoms with Gasteiger partial charge in [0.25, 0.3) is 5.69 Å². The second kappa shape index (κ2) is 8.47. The summed E-state index contributed by atoms with van der Waals surface area (Å²) in [6.45, 7) is 5.51. The summed E-state index contributed by atoms with van der Waals surface area (Å²) in [5.41, 5.74) is 0.726. The molecule has 7 nitrogen and oxygen atoms in total. The predicted octanol–water partition coefficient (Wildman–Crippen LogP) is 2.03. The first-order valence-electron chi connectivity index (χ1n) is 7.91. The molecule has 1 heterocycles. The number of nitro benzene ring substituents is 1. The summed E-state index contributed by atoms with van der Waals surface area (Å²) in [7, 11) is 1.99. The number of rotatable bonds is 6. The first-order valence-corrected chi connectivity index (χ1v) is 7.91. The van der Waals surface area contributed by atoms with E-state index in [9.17, 15) is 10.1 Å². The van der Waals surface area contributed by atoms with Crippen molar-refractivity contribution in [3.8, 4) is 0 Å². The lowest BCUT2D eigenvalue weighted by atomic mass is 10.1. The van der Waals surface area contributed by atoms with Crippen molar-refractivity contribution in [2.24, 2.45) is 10.9 Å². The molecular weight excluding hydrogens is 296 g/mol. The summed E-state index contributed by atoms with van der Waals surface area (Å²) < 4.78 is 5.41. The lowest BCUT2D eigenvalue weighted by Gasteiger charge is -2.24. The molecule has 126 valence electrons. The van der Waals surface area contributed by atoms with Crippen molar-refractivity contribution in [3.63, 3.8) is 0 Å². The van der Waals surface area contributed by atoms with Crippen LogP contribution < -0.4 is 5.32 Å². The SMILES string of the molecule is CCNC(=NCc1ccccc1[N+](=O)[O-])N(C)CC1CCOC1. The highest BCUT2D eigenvalue weighted by atomic mass is 16.6. The summed E-state index contributed by atoms with van der Waals surface area (Å²) in [6, 6.07) is 6.72. The van der Waals surface area contributed by atoms with Gasteiger partial charge in [-0.2, -0.15) is 0 Å². The van der Waals surface area contributed by atoms with E-state index in [0.29, 0.717) is 11.5 Å². The smallest absolute Gasteiger partial charge is 0.274 e. The van der Waals surface area contributed by atoms with Crippen molar-refractivity contribution in [2.75, 3.05) is 33.4 Å². The molecular formula is C16H24N4O3. The van der Waals surface area contributed by atoms with Gasteiger partial charge in [-0.15, -0.1) is 0 Å². The summed E-state index contributed by atoms with van der Waals surface area (Å²) in [5.74, 6) is 1.27. The fourth-order valence-corrected chi connectivity index (χ4v) is 2.65. The lowest BCUT2D eigenvalue weighted by molar-refractivity contribution is -0.385. The van der Waals surface area contributed by atoms with E-state index in [1.807, 2.05) is 14.0 Å². The highest BCUT2D eigenvalue weighted by Crippen LogP contribution is 2.18. The van der Waals surface area contributed by atoms with Gasteiger partial charge in [-0.25, -0.2) is 4.99 Å². The van der Waals surface area contributed by atoms with Crippen LogP contribution in [0.4, 0.5) is 5.69 Å². The Labute approximate surface area is 136 Å². The molecule has 0 amide bonds. The maximum Gasteiger partial charge on any atom is 0.274 e. The Bertz CT molecular complexity index is 556. The van der Waals surface area contributed by atoms with E-state index in [2.05, 4.69) is 15.2 Å². The number of aliphatic imine (C=N–C) groups is 1. The number of nitrogens with zero attached hydrogens (tertiary/aromatic N) is 3. The van der Waals surface area contributed by atoms with E-state index in [-0.39, 0.29) is 17.2 Å². The van der Waals surface area contributed by atoms with Gasteiger partial charge >= 0.3 is 0 Å². The van der Waals surface area contributed by atoms with Gasteiger partial charge < -0.3 is 15.0 Å². The first kappa shape index (κ1) is 17.2. The highest BCUT2D eigenvalue weighted by molar-refractivity contribution is 5.79. The largest absolute Gasteiger partial charge is 0.381 e. The van der Waals surface area contributed by atoms with E-state index in [0.717, 1.165) is 38.7 Å². The van der Waals surface area contributed by atoms with Crippen molar-refractivity contribution in [1.29, 1.82) is 0 Å². The van der Waals surface area contributed by atoms with Crippen molar-refractivity contribution in [1.82, 2.24) is 10.2 Å². The molecule has 2 rings (SSSR count). The molecule has 1 fully saturated rings. The number of para-hydroxylation sites is 1. The Morgan fingerprint density at radius 2 is 2.30 bits per heavy atom. The Kier molecular flexibility index (Phi) is 6.34. The number of benzene rings is 1. The van der Waals surface area contributed by atoms with Crippen LogP contribution in [0.15, 0.2) is 29.3 Å². The van der Waals surface area contributed by atoms with Crippen LogP contribution in [0.3, 0.4) is 0 Å². The van der Waals surface area contributed by atoms with Crippen molar-refractivity contribution < 1.29 is 9.66 Å². The molecule has 0 bridgehead atoms. The third kappa shape index (κ3) is 4.92. The van der Waals surface area contributed by atoms with Crippen LogP contribution in [0.5, 0.6) is 0 Å². The minimum atomic E-state index is -0.364. The summed E-state index contributed by atoms with van der Waals surface area (Å²) >= 11 is 0. The predicted molar refractivity (Wildman–Crippen MR) is 89.5 cm³/mol. The van der Waals surface area contributed by atoms with Crippen LogP contribution in [0.25, 0.3) is 0 Å². The second-order valence-electron chi connectivity index (χ2n) is 5.67. The zero-order valence-corrected chi connectivity index (χ0v) is 13.7. The van der Waals surface area contributed by atoms with E-state index < -0.39 is 0 Å². The zero-order valence-electron chi connectivity index (χ0n) is 13.7. The molecule has 0 aliphatic carbocycles. The van der Waals surface area contributed by atoms with Crippen LogP contribution in [-0.2, 0) is 11.3 Å². The van der Waals surface area contributed by atoms with E-state index in [4.69, 9.17) is 4.74 Å². The van der Waals surface area contributed by atoms with Gasteiger partial charge in [-0.1, -0.05) is 18.2 Å². The molecule has 1 saturated heterocycles. The maximum absolute atomic E-state index is 11.1. The average Bonchev–Trinajstić information content (AvgIpc) is 3.04. The summed E-state index contributed by atoms with van der Waals surface area (Å²) in [4.78, 5) is 17.3. The van der Waals surface area contributed by atoms with Crippen molar-refractivity contribution in [2.45, 2.75) is 19.9 Å². The van der Waals surface area contributed by atoms with Crippen LogP contribution in [0.1, 0.15) is 18.9 Å². The monoisotopic (exact) mass is 320 g/mol. The molecule has 1 unspecified atom stereocenters. The fourth-order valence-electron chi connectivity index (χ4n) is 2.65. The Balaban J connectivity index is 2.07. The van der Waals surface area contributed by atoms with E-state index in [1.165, 1.54) is 6.07 Å². The van der Waals surface area contributed by atoms with Gasteiger partial charge in [0, 0.05) is 38.7 Å². The molecule has 0 radical (unpaired) electrons. The highest BCUT2D eigenvalue weighted by Gasteiger charge is 2.19. The Hall–Kier alpha value is -2.15. The molecule has 1 N–H and O–H groups in total. The van der Waals surface area contributed by atoms with Crippen LogP contribution >= 0.6 is 0 Å². The minimum Gasteiger partial charge on any atom is -0.381 e. The Morgan fingerprint density at radius 3 is 2.96 bits per heavy atom. The Morgan fingerprint density at radius 1 is 1.52 bits per heavy atom. The minimum absolute atomic E-state index is 0.110. The molecule has 23 heavy (non-hydrogen) atoms. The molecule has 1 aromatic carbocycles. The summed E-state index contributed by atoms with van der Waals surface area (Å²) in [5, 5.41) is 14.3. The maximum atomic E-state index is 11.1. The number of hydrogen-bond acceptors (Lipinski definition) is 4. The third-order valence-corrected chi connectivity index (χ3v) is 3.84. The van der Waals surface area contributed by atoms with Gasteiger partial charge in [-0.05, 0) is 13.3 Å². The van der Waals surface area contributed by atoms with Gasteiger partial charge in [0.1, 0.15) is 0 Å². The van der Waals surface area contributed by atoms with Crippen molar-refractivity contribution in [3.05, 3.63) is 39.9 Å². The molecule has 1 atom stereocenters. The number of nitro groups is 1. The molecule has 0 saturated carbocycles. The van der Waals surface area contributed by atoms with Gasteiger partial charge in [-0.3, -0.25) is 10.1 Å². The van der Waals surface area contributed by atoms with Crippen LogP contribution in [-0.4, -0.2) is 49.1 Å². The number of ether oxygens (including phenoxy) is 1. The third-order valence-electron chi connectivity index (χ3n) is 3.84. The summed E-state index contributed by atoms with van der Waals surface area (Å²) in [6.07, 6.45) is 1.06. The second-order valence-corrected chi connectivity index (χ2v) is 5.67. The van der Waals surface area contributed by atoms with Crippen LogP contribution in [0.2, 0.25) is 0 Å². The molecule has 0 spiro atoms.